The fourth-order valence-electron chi connectivity index (χ4n) is 1.66. The third-order valence-corrected chi connectivity index (χ3v) is 2.64. The van der Waals surface area contributed by atoms with E-state index >= 15 is 0 Å². The molecule has 0 aromatic heterocycles. The Morgan fingerprint density at radius 1 is 1.58 bits per heavy atom. The lowest BCUT2D eigenvalue weighted by Gasteiger charge is -2.29. The highest BCUT2D eigenvalue weighted by atomic mass is 16.3. The first-order valence-electron chi connectivity index (χ1n) is 4.42. The normalized spacial score (nSPS) is 22.2. The highest BCUT2D eigenvalue weighted by Crippen LogP contribution is 2.35. The van der Waals surface area contributed by atoms with Crippen LogP contribution in [0.2, 0.25) is 0 Å². The zero-order valence-electron chi connectivity index (χ0n) is 7.76. The van der Waals surface area contributed by atoms with E-state index in [4.69, 9.17) is 5.11 Å². The zero-order chi connectivity index (χ0) is 9.19. The lowest BCUT2D eigenvalue weighted by Crippen LogP contribution is -2.29. The number of aliphatic hydroxyl groups is 1. The molecule has 0 saturated carbocycles. The molecule has 68 valence electrons. The molecule has 0 aliphatic heterocycles. The summed E-state index contributed by atoms with van der Waals surface area (Å²) >= 11 is 0. The minimum absolute atomic E-state index is 0.141. The lowest BCUT2D eigenvalue weighted by atomic mass is 9.73. The number of rotatable bonds is 2. The molecule has 12 heavy (non-hydrogen) atoms. The van der Waals surface area contributed by atoms with Crippen molar-refractivity contribution in [2.75, 3.05) is 6.61 Å². The summed E-state index contributed by atoms with van der Waals surface area (Å²) in [4.78, 5) is 11.5. The molecule has 1 N–H and O–H groups in total. The molecule has 0 aromatic carbocycles. The quantitative estimate of drug-likeness (QED) is 0.637. The second-order valence-corrected chi connectivity index (χ2v) is 3.79. The van der Waals surface area contributed by atoms with Crippen LogP contribution in [-0.2, 0) is 4.79 Å². The molecule has 2 nitrogen and oxygen atoms in total. The van der Waals surface area contributed by atoms with Crippen LogP contribution < -0.4 is 0 Å². The van der Waals surface area contributed by atoms with Crippen molar-refractivity contribution < 1.29 is 9.90 Å². The second kappa shape index (κ2) is 3.40. The first-order chi connectivity index (χ1) is 5.59. The molecule has 0 fully saturated rings. The molecule has 1 aliphatic rings. The number of hydrogen-bond donors (Lipinski definition) is 1. The molecule has 0 radical (unpaired) electrons. The van der Waals surface area contributed by atoms with Crippen LogP contribution >= 0.6 is 0 Å². The van der Waals surface area contributed by atoms with Gasteiger partial charge in [0.2, 0.25) is 0 Å². The smallest absolute Gasteiger partial charge is 0.142 e. The highest BCUT2D eigenvalue weighted by Gasteiger charge is 2.32. The molecular weight excluding hydrogens is 152 g/mol. The van der Waals surface area contributed by atoms with E-state index < -0.39 is 0 Å². The molecule has 0 aromatic rings. The van der Waals surface area contributed by atoms with Gasteiger partial charge in [-0.1, -0.05) is 11.6 Å². The van der Waals surface area contributed by atoms with E-state index in [9.17, 15) is 4.79 Å². The van der Waals surface area contributed by atoms with Crippen LogP contribution in [0.4, 0.5) is 0 Å². The molecule has 0 bridgehead atoms. The van der Waals surface area contributed by atoms with Crippen molar-refractivity contribution in [1.82, 2.24) is 0 Å². The van der Waals surface area contributed by atoms with Crippen molar-refractivity contribution in [2.24, 2.45) is 5.41 Å². The summed E-state index contributed by atoms with van der Waals surface area (Å²) in [6.07, 6.45) is 4.23. The highest BCUT2D eigenvalue weighted by molar-refractivity contribution is 5.88. The van der Waals surface area contributed by atoms with Crippen molar-refractivity contribution in [2.45, 2.75) is 33.1 Å². The summed E-state index contributed by atoms with van der Waals surface area (Å²) in [6, 6.07) is 0. The Balaban J connectivity index is 2.83. The topological polar surface area (TPSA) is 37.3 Å². The molecule has 0 unspecified atom stereocenters. The maximum absolute atomic E-state index is 11.5. The van der Waals surface area contributed by atoms with Gasteiger partial charge >= 0.3 is 0 Å². The Morgan fingerprint density at radius 3 is 2.83 bits per heavy atom. The van der Waals surface area contributed by atoms with Gasteiger partial charge in [-0.2, -0.15) is 0 Å². The minimum atomic E-state index is -0.332. The Hall–Kier alpha value is -0.630. The van der Waals surface area contributed by atoms with Crippen molar-refractivity contribution in [1.29, 1.82) is 0 Å². The number of carbonyl (C=O) groups is 1. The molecule has 0 spiro atoms. The van der Waals surface area contributed by atoms with Gasteiger partial charge in [-0.3, -0.25) is 4.79 Å². The van der Waals surface area contributed by atoms with Gasteiger partial charge in [-0.25, -0.2) is 0 Å². The van der Waals surface area contributed by atoms with Crippen LogP contribution in [0.25, 0.3) is 0 Å². The fraction of sp³-hybridized carbons (Fsp3) is 0.700. The largest absolute Gasteiger partial charge is 0.396 e. The van der Waals surface area contributed by atoms with E-state index in [0.29, 0.717) is 18.6 Å². The molecule has 0 saturated heterocycles. The molecule has 0 atom stereocenters. The number of allylic oxidation sites excluding steroid dienone is 1. The SMILES string of the molecule is CC1(C)C(=O)CCC=C1CCO. The maximum Gasteiger partial charge on any atom is 0.142 e. The summed E-state index contributed by atoms with van der Waals surface area (Å²) in [5.41, 5.74) is 0.766. The van der Waals surface area contributed by atoms with E-state index in [1.165, 1.54) is 0 Å². The third-order valence-electron chi connectivity index (χ3n) is 2.64. The van der Waals surface area contributed by atoms with Gasteiger partial charge in [0.05, 0.1) is 0 Å². The minimum Gasteiger partial charge on any atom is -0.396 e. The van der Waals surface area contributed by atoms with Gasteiger partial charge in [0.25, 0.3) is 0 Å². The number of hydrogen-bond acceptors (Lipinski definition) is 2. The van der Waals surface area contributed by atoms with Crippen molar-refractivity contribution >= 4 is 5.78 Å². The second-order valence-electron chi connectivity index (χ2n) is 3.79. The number of Topliss-reactive ketones (excluding diaryl/α,β-unsaturated/α-hetero) is 1. The standard InChI is InChI=1S/C10H16O2/c1-10(2)8(6-7-11)4-3-5-9(10)12/h4,11H,3,5-7H2,1-2H3. The van der Waals surface area contributed by atoms with Crippen LogP contribution in [0.5, 0.6) is 0 Å². The predicted octanol–water partition coefficient (Wildman–Crippen LogP) is 1.68. The van der Waals surface area contributed by atoms with Crippen molar-refractivity contribution in [3.05, 3.63) is 11.6 Å². The average Bonchev–Trinajstić information content (AvgIpc) is 2.00. The zero-order valence-corrected chi connectivity index (χ0v) is 7.76. The van der Waals surface area contributed by atoms with E-state index in [2.05, 4.69) is 6.08 Å². The van der Waals surface area contributed by atoms with Gasteiger partial charge in [-0.05, 0) is 26.7 Å². The van der Waals surface area contributed by atoms with Gasteiger partial charge in [0, 0.05) is 18.4 Å². The van der Waals surface area contributed by atoms with Crippen molar-refractivity contribution in [3.8, 4) is 0 Å². The maximum atomic E-state index is 11.5. The predicted molar refractivity (Wildman–Crippen MR) is 47.8 cm³/mol. The van der Waals surface area contributed by atoms with E-state index in [1.54, 1.807) is 0 Å². The number of ketones is 1. The van der Waals surface area contributed by atoms with Crippen LogP contribution in [0.1, 0.15) is 33.1 Å². The molecule has 1 rings (SSSR count). The Kier molecular flexibility index (Phi) is 2.68. The summed E-state index contributed by atoms with van der Waals surface area (Å²) in [5, 5.41) is 8.78. The fourth-order valence-corrected chi connectivity index (χ4v) is 1.66. The van der Waals surface area contributed by atoms with E-state index in [-0.39, 0.29) is 12.0 Å². The summed E-state index contributed by atoms with van der Waals surface area (Å²) in [5.74, 6) is 0.299. The van der Waals surface area contributed by atoms with Gasteiger partial charge in [0.15, 0.2) is 0 Å². The van der Waals surface area contributed by atoms with E-state index in [1.807, 2.05) is 13.8 Å². The molecular formula is C10H16O2. The average molecular weight is 168 g/mol. The number of carbonyl (C=O) groups excluding carboxylic acids is 1. The third kappa shape index (κ3) is 1.58. The molecule has 1 aliphatic carbocycles. The Bertz CT molecular complexity index is 214. The molecule has 2 heteroatoms. The van der Waals surface area contributed by atoms with Crippen LogP contribution in [-0.4, -0.2) is 17.5 Å². The molecule has 0 amide bonds. The van der Waals surface area contributed by atoms with Gasteiger partial charge < -0.3 is 5.11 Å². The Morgan fingerprint density at radius 2 is 2.25 bits per heavy atom. The van der Waals surface area contributed by atoms with Gasteiger partial charge in [-0.15, -0.1) is 0 Å². The van der Waals surface area contributed by atoms with Crippen LogP contribution in [0, 0.1) is 5.41 Å². The van der Waals surface area contributed by atoms with Gasteiger partial charge in [0.1, 0.15) is 5.78 Å². The summed E-state index contributed by atoms with van der Waals surface area (Å²) in [7, 11) is 0. The van der Waals surface area contributed by atoms with Crippen molar-refractivity contribution in [3.63, 3.8) is 0 Å². The monoisotopic (exact) mass is 168 g/mol. The first-order valence-corrected chi connectivity index (χ1v) is 4.42. The first kappa shape index (κ1) is 9.46. The van der Waals surface area contributed by atoms with Crippen LogP contribution in [0.3, 0.4) is 0 Å². The van der Waals surface area contributed by atoms with E-state index in [0.717, 1.165) is 12.0 Å². The van der Waals surface area contributed by atoms with Crippen LogP contribution in [0.15, 0.2) is 11.6 Å². The summed E-state index contributed by atoms with van der Waals surface area (Å²) < 4.78 is 0. The summed E-state index contributed by atoms with van der Waals surface area (Å²) in [6.45, 7) is 4.02. The number of aliphatic hydroxyl groups excluding tert-OH is 1. The lowest BCUT2D eigenvalue weighted by molar-refractivity contribution is -0.125. The Labute approximate surface area is 73.3 Å². The molecule has 0 heterocycles.